The second kappa shape index (κ2) is 11.2. The van der Waals surface area contributed by atoms with Crippen molar-refractivity contribution in [2.75, 3.05) is 4.90 Å². The van der Waals surface area contributed by atoms with Crippen molar-refractivity contribution in [3.63, 3.8) is 0 Å². The lowest BCUT2D eigenvalue weighted by Gasteiger charge is -2.28. The van der Waals surface area contributed by atoms with Crippen LogP contribution in [0.4, 0.5) is 11.4 Å². The van der Waals surface area contributed by atoms with E-state index in [2.05, 4.69) is 173 Å². The van der Waals surface area contributed by atoms with Crippen molar-refractivity contribution in [1.82, 2.24) is 24.5 Å². The first-order chi connectivity index (χ1) is 26.8. The van der Waals surface area contributed by atoms with Crippen molar-refractivity contribution < 1.29 is 0 Å². The van der Waals surface area contributed by atoms with Gasteiger partial charge in [-0.05, 0) is 54.5 Å². The molecule has 4 heterocycles. The number of anilines is 2. The minimum absolute atomic E-state index is 0.251. The van der Waals surface area contributed by atoms with Gasteiger partial charge in [-0.2, -0.15) is 0 Å². The Hall–Kier alpha value is -7.18. The van der Waals surface area contributed by atoms with Crippen LogP contribution in [0.1, 0.15) is 12.0 Å². The van der Waals surface area contributed by atoms with E-state index in [4.69, 9.17) is 19.9 Å². The highest BCUT2D eigenvalue weighted by Gasteiger charge is 2.35. The van der Waals surface area contributed by atoms with Crippen LogP contribution in [0.3, 0.4) is 0 Å². The van der Waals surface area contributed by atoms with E-state index in [0.717, 1.165) is 67.9 Å². The third-order valence-corrected chi connectivity index (χ3v) is 11.2. The standard InChI is InChI=1S/C48H30N6/c1-2-22-38-37(21-1)44-43-45(38)50-47(30-14-12-16-32(28-30)54-41-25-9-5-19-35(41)36-20-6-10-26-42(36)54)52-48(43)51-46(49-44)29-13-11-15-31(27-29)53-39-23-7-3-17-33(39)34-18-4-8-24-40(34)53/h1-25,27-28,42H,26H2. The zero-order chi connectivity index (χ0) is 35.3. The first-order valence-corrected chi connectivity index (χ1v) is 18.4. The lowest BCUT2D eigenvalue weighted by Crippen LogP contribution is -2.27. The van der Waals surface area contributed by atoms with Crippen LogP contribution >= 0.6 is 0 Å². The number of allylic oxidation sites excluding steroid dienone is 2. The fraction of sp³-hybridized carbons (Fsp3) is 0.0417. The number of nitrogens with zero attached hydrogens (tertiary/aromatic N) is 6. The van der Waals surface area contributed by atoms with Gasteiger partial charge in [-0.3, -0.25) is 0 Å². The van der Waals surface area contributed by atoms with Gasteiger partial charge >= 0.3 is 0 Å². The maximum atomic E-state index is 5.25. The Morgan fingerprint density at radius 2 is 1.09 bits per heavy atom. The van der Waals surface area contributed by atoms with Gasteiger partial charge in [0.15, 0.2) is 17.3 Å². The molecule has 0 bridgehead atoms. The molecule has 3 aromatic heterocycles. The van der Waals surface area contributed by atoms with Gasteiger partial charge in [0, 0.05) is 55.7 Å². The molecule has 54 heavy (non-hydrogen) atoms. The zero-order valence-electron chi connectivity index (χ0n) is 29.1. The molecular formula is C48H30N6. The number of fused-ring (bicyclic) bond motifs is 9. The summed E-state index contributed by atoms with van der Waals surface area (Å²) in [6.07, 6.45) is 7.65. The molecule has 1 atom stereocenters. The molecule has 0 N–H and O–H groups in total. The molecule has 12 rings (SSSR count). The third kappa shape index (κ3) is 4.16. The Morgan fingerprint density at radius 3 is 1.78 bits per heavy atom. The first kappa shape index (κ1) is 29.4. The van der Waals surface area contributed by atoms with Crippen LogP contribution in [0, 0.1) is 0 Å². The number of para-hydroxylation sites is 3. The number of benzene rings is 6. The van der Waals surface area contributed by atoms with E-state index < -0.39 is 0 Å². The first-order valence-electron chi connectivity index (χ1n) is 18.4. The predicted molar refractivity (Wildman–Crippen MR) is 219 cm³/mol. The smallest absolute Gasteiger partial charge is 0.168 e. The summed E-state index contributed by atoms with van der Waals surface area (Å²) in [5.41, 5.74) is 14.8. The van der Waals surface area contributed by atoms with Crippen LogP contribution in [0.25, 0.3) is 89.4 Å². The van der Waals surface area contributed by atoms with Gasteiger partial charge in [0.25, 0.3) is 0 Å². The van der Waals surface area contributed by atoms with Gasteiger partial charge in [0.2, 0.25) is 0 Å². The number of hydrogen-bond donors (Lipinski definition) is 0. The largest absolute Gasteiger partial charge is 0.333 e. The fourth-order valence-corrected chi connectivity index (χ4v) is 8.90. The van der Waals surface area contributed by atoms with E-state index in [1.807, 2.05) is 0 Å². The quantitative estimate of drug-likeness (QED) is 0.184. The Balaban J connectivity index is 1.02. The maximum absolute atomic E-state index is 5.25. The van der Waals surface area contributed by atoms with Gasteiger partial charge < -0.3 is 9.47 Å². The summed E-state index contributed by atoms with van der Waals surface area (Å²) in [6, 6.07) is 51.7. The molecule has 0 radical (unpaired) electrons. The van der Waals surface area contributed by atoms with Crippen LogP contribution in [0.2, 0.25) is 0 Å². The number of aromatic nitrogens is 5. The molecule has 252 valence electrons. The number of rotatable bonds is 4. The summed E-state index contributed by atoms with van der Waals surface area (Å²) >= 11 is 0. The molecule has 6 heteroatoms. The lowest BCUT2D eigenvalue weighted by atomic mass is 9.96. The molecule has 1 aliphatic heterocycles. The highest BCUT2D eigenvalue weighted by molar-refractivity contribution is 6.12. The van der Waals surface area contributed by atoms with Gasteiger partial charge in [-0.25, -0.2) is 19.9 Å². The van der Waals surface area contributed by atoms with Crippen molar-refractivity contribution in [3.8, 4) is 51.0 Å². The van der Waals surface area contributed by atoms with Crippen LogP contribution in [-0.2, 0) is 0 Å². The molecular weight excluding hydrogens is 661 g/mol. The molecule has 0 fully saturated rings. The molecule has 0 saturated heterocycles. The SMILES string of the molecule is C1=CCC2C(=C1)c1ccccc1N2c1cccc(-c2nc3c4c(nc(-c5cccc(-n6c7ccccc7c7ccccc76)c5)nc4n2)-c2ccccc2-3)c1. The predicted octanol–water partition coefficient (Wildman–Crippen LogP) is 11.4. The molecule has 3 aliphatic rings. The summed E-state index contributed by atoms with van der Waals surface area (Å²) in [4.78, 5) is 23.4. The van der Waals surface area contributed by atoms with Crippen LogP contribution in [-0.4, -0.2) is 30.5 Å². The van der Waals surface area contributed by atoms with E-state index >= 15 is 0 Å². The van der Waals surface area contributed by atoms with E-state index in [0.29, 0.717) is 17.3 Å². The van der Waals surface area contributed by atoms with Crippen LogP contribution in [0.15, 0.2) is 164 Å². The Kier molecular flexibility index (Phi) is 6.08. The monoisotopic (exact) mass is 690 g/mol. The average molecular weight is 691 g/mol. The van der Waals surface area contributed by atoms with Gasteiger partial charge in [-0.1, -0.05) is 121 Å². The van der Waals surface area contributed by atoms with E-state index in [9.17, 15) is 0 Å². The molecule has 6 aromatic carbocycles. The maximum Gasteiger partial charge on any atom is 0.168 e. The molecule has 9 aromatic rings. The van der Waals surface area contributed by atoms with Gasteiger partial charge in [-0.15, -0.1) is 0 Å². The highest BCUT2D eigenvalue weighted by Crippen LogP contribution is 2.49. The topological polar surface area (TPSA) is 59.7 Å². The Labute approximate surface area is 311 Å². The number of hydrogen-bond acceptors (Lipinski definition) is 5. The molecule has 0 saturated carbocycles. The summed E-state index contributed by atoms with van der Waals surface area (Å²) in [7, 11) is 0. The molecule has 6 nitrogen and oxygen atoms in total. The van der Waals surface area contributed by atoms with Crippen molar-refractivity contribution in [2.45, 2.75) is 12.5 Å². The second-order valence-corrected chi connectivity index (χ2v) is 14.2. The Bertz CT molecular complexity index is 3060. The van der Waals surface area contributed by atoms with E-state index in [1.54, 1.807) is 0 Å². The van der Waals surface area contributed by atoms with Crippen molar-refractivity contribution >= 4 is 49.8 Å². The zero-order valence-corrected chi connectivity index (χ0v) is 29.1. The van der Waals surface area contributed by atoms with E-state index in [1.165, 1.54) is 27.6 Å². The van der Waals surface area contributed by atoms with Crippen molar-refractivity contribution in [3.05, 3.63) is 169 Å². The second-order valence-electron chi connectivity index (χ2n) is 14.2. The fourth-order valence-electron chi connectivity index (χ4n) is 8.90. The van der Waals surface area contributed by atoms with Crippen LogP contribution < -0.4 is 4.90 Å². The van der Waals surface area contributed by atoms with Gasteiger partial charge in [0.1, 0.15) is 0 Å². The van der Waals surface area contributed by atoms with Gasteiger partial charge in [0.05, 0.1) is 33.8 Å². The highest BCUT2D eigenvalue weighted by atomic mass is 15.2. The summed E-state index contributed by atoms with van der Waals surface area (Å²) in [5, 5.41) is 3.36. The average Bonchev–Trinajstić information content (AvgIpc) is 3.87. The minimum Gasteiger partial charge on any atom is -0.333 e. The molecule has 0 amide bonds. The summed E-state index contributed by atoms with van der Waals surface area (Å²) < 4.78 is 2.33. The van der Waals surface area contributed by atoms with Crippen LogP contribution in [0.5, 0.6) is 0 Å². The van der Waals surface area contributed by atoms with Crippen molar-refractivity contribution in [2.24, 2.45) is 0 Å². The lowest BCUT2D eigenvalue weighted by molar-refractivity contribution is 0.829. The summed E-state index contributed by atoms with van der Waals surface area (Å²) in [6.45, 7) is 0. The molecule has 0 spiro atoms. The molecule has 1 unspecified atom stereocenters. The third-order valence-electron chi connectivity index (χ3n) is 11.2. The summed E-state index contributed by atoms with van der Waals surface area (Å²) in [5.74, 6) is 1.29. The van der Waals surface area contributed by atoms with Crippen molar-refractivity contribution in [1.29, 1.82) is 0 Å². The molecule has 2 aliphatic carbocycles. The Morgan fingerprint density at radius 1 is 0.519 bits per heavy atom. The normalized spacial score (nSPS) is 15.1. The minimum atomic E-state index is 0.251. The van der Waals surface area contributed by atoms with E-state index in [-0.39, 0.29) is 6.04 Å².